The van der Waals surface area contributed by atoms with Crippen LogP contribution in [0.25, 0.3) is 0 Å². The number of carbonyl (C=O) groups is 1. The van der Waals surface area contributed by atoms with E-state index in [0.29, 0.717) is 31.2 Å². The number of amides is 1. The highest BCUT2D eigenvalue weighted by molar-refractivity contribution is 7.99. The van der Waals surface area contributed by atoms with Crippen molar-refractivity contribution >= 4 is 17.7 Å². The fourth-order valence-electron chi connectivity index (χ4n) is 3.21. The number of nitrogens with zero attached hydrogens (tertiary/aromatic N) is 4. The minimum absolute atomic E-state index is 0.128. The van der Waals surface area contributed by atoms with Gasteiger partial charge in [0, 0.05) is 44.0 Å². The molecule has 142 valence electrons. The molecule has 1 aliphatic rings. The fourth-order valence-corrected chi connectivity index (χ4v) is 4.12. The maximum Gasteiger partial charge on any atom is 0.267 e. The van der Waals surface area contributed by atoms with Crippen molar-refractivity contribution < 1.29 is 4.79 Å². The van der Waals surface area contributed by atoms with Gasteiger partial charge in [0.05, 0.1) is 0 Å². The number of carbonyl (C=O) groups excluding carboxylic acids is 1. The van der Waals surface area contributed by atoms with E-state index in [2.05, 4.69) is 9.97 Å². The van der Waals surface area contributed by atoms with Gasteiger partial charge in [-0.3, -0.25) is 19.1 Å². The molecular weight excluding hydrogens is 372 g/mol. The molecule has 7 heteroatoms. The first-order chi connectivity index (χ1) is 13.7. The van der Waals surface area contributed by atoms with E-state index in [4.69, 9.17) is 0 Å². The number of fused-ring (bicyclic) bond motifs is 1. The summed E-state index contributed by atoms with van der Waals surface area (Å²) >= 11 is 1.54. The average molecular weight is 392 g/mol. The molecule has 0 saturated carbocycles. The Labute approximate surface area is 167 Å². The van der Waals surface area contributed by atoms with Gasteiger partial charge in [0.2, 0.25) is 0 Å². The van der Waals surface area contributed by atoms with E-state index in [1.54, 1.807) is 21.9 Å². The third-order valence-electron chi connectivity index (χ3n) is 4.68. The first kappa shape index (κ1) is 18.4. The van der Waals surface area contributed by atoms with Gasteiger partial charge in [-0.1, -0.05) is 48.2 Å². The van der Waals surface area contributed by atoms with Crippen LogP contribution in [-0.4, -0.2) is 37.6 Å². The molecule has 1 aliphatic heterocycles. The van der Waals surface area contributed by atoms with E-state index in [-0.39, 0.29) is 17.0 Å². The maximum absolute atomic E-state index is 13.2. The molecule has 3 heterocycles. The summed E-state index contributed by atoms with van der Waals surface area (Å²) in [6.07, 6.45) is 5.58. The predicted octanol–water partition coefficient (Wildman–Crippen LogP) is 2.63. The van der Waals surface area contributed by atoms with Gasteiger partial charge in [-0.05, 0) is 23.6 Å². The van der Waals surface area contributed by atoms with Crippen LogP contribution in [0.3, 0.4) is 0 Å². The van der Waals surface area contributed by atoms with Gasteiger partial charge < -0.3 is 4.90 Å². The summed E-state index contributed by atoms with van der Waals surface area (Å²) in [5, 5.41) is 0.685. The normalized spacial score (nSPS) is 12.6. The van der Waals surface area contributed by atoms with Gasteiger partial charge in [-0.2, -0.15) is 0 Å². The molecule has 4 rings (SSSR count). The molecule has 3 aromatic rings. The molecule has 0 bridgehead atoms. The maximum atomic E-state index is 13.2. The first-order valence-electron chi connectivity index (χ1n) is 9.17. The number of benzene rings is 1. The Hall–Kier alpha value is -2.93. The SMILES string of the molecule is O=C(c1cnc2n(c1=O)CCS2)N(CCc1ccccc1)Cc1cccnc1. The van der Waals surface area contributed by atoms with E-state index in [1.807, 2.05) is 42.5 Å². The van der Waals surface area contributed by atoms with Crippen LogP contribution in [0, 0.1) is 0 Å². The smallest absolute Gasteiger partial charge is 0.267 e. The lowest BCUT2D eigenvalue weighted by atomic mass is 10.1. The molecule has 0 spiro atoms. The zero-order valence-corrected chi connectivity index (χ0v) is 16.1. The molecule has 0 unspecified atom stereocenters. The van der Waals surface area contributed by atoms with Crippen molar-refractivity contribution in [1.29, 1.82) is 0 Å². The zero-order valence-electron chi connectivity index (χ0n) is 15.3. The van der Waals surface area contributed by atoms with Gasteiger partial charge in [0.15, 0.2) is 5.16 Å². The Morgan fingerprint density at radius 3 is 2.71 bits per heavy atom. The van der Waals surface area contributed by atoms with Crippen molar-refractivity contribution in [2.45, 2.75) is 24.7 Å². The lowest BCUT2D eigenvalue weighted by molar-refractivity contribution is 0.0741. The topological polar surface area (TPSA) is 68.1 Å². The molecule has 0 aliphatic carbocycles. The zero-order chi connectivity index (χ0) is 19.3. The molecule has 1 aromatic carbocycles. The number of hydrogen-bond donors (Lipinski definition) is 0. The highest BCUT2D eigenvalue weighted by Crippen LogP contribution is 2.21. The van der Waals surface area contributed by atoms with Crippen LogP contribution < -0.4 is 5.56 Å². The minimum atomic E-state index is -0.288. The Morgan fingerprint density at radius 2 is 1.93 bits per heavy atom. The van der Waals surface area contributed by atoms with Gasteiger partial charge in [0.1, 0.15) is 5.56 Å². The van der Waals surface area contributed by atoms with Crippen molar-refractivity contribution in [3.63, 3.8) is 0 Å². The molecule has 1 amide bonds. The molecule has 2 aromatic heterocycles. The van der Waals surface area contributed by atoms with Gasteiger partial charge in [0.25, 0.3) is 11.5 Å². The molecule has 0 radical (unpaired) electrons. The second-order valence-corrected chi connectivity index (χ2v) is 7.65. The second-order valence-electron chi connectivity index (χ2n) is 6.58. The molecule has 6 nitrogen and oxygen atoms in total. The quantitative estimate of drug-likeness (QED) is 0.603. The van der Waals surface area contributed by atoms with Crippen molar-refractivity contribution in [1.82, 2.24) is 19.4 Å². The van der Waals surface area contributed by atoms with Gasteiger partial charge in [-0.15, -0.1) is 0 Å². The third-order valence-corrected chi connectivity index (χ3v) is 5.65. The first-order valence-corrected chi connectivity index (χ1v) is 10.2. The van der Waals surface area contributed by atoms with Crippen LogP contribution in [-0.2, 0) is 19.5 Å². The molecule has 0 saturated heterocycles. The minimum Gasteiger partial charge on any atom is -0.334 e. The highest BCUT2D eigenvalue weighted by atomic mass is 32.2. The van der Waals surface area contributed by atoms with E-state index in [9.17, 15) is 9.59 Å². The average Bonchev–Trinajstić information content (AvgIpc) is 3.22. The number of rotatable bonds is 6. The summed E-state index contributed by atoms with van der Waals surface area (Å²) in [6.45, 7) is 1.50. The second kappa shape index (κ2) is 8.39. The number of pyridine rings is 1. The van der Waals surface area contributed by atoms with Crippen LogP contribution in [0.5, 0.6) is 0 Å². The van der Waals surface area contributed by atoms with E-state index >= 15 is 0 Å². The lowest BCUT2D eigenvalue weighted by Crippen LogP contribution is -2.37. The summed E-state index contributed by atoms with van der Waals surface area (Å²) < 4.78 is 1.59. The summed E-state index contributed by atoms with van der Waals surface area (Å²) in [7, 11) is 0. The largest absolute Gasteiger partial charge is 0.334 e. The summed E-state index contributed by atoms with van der Waals surface area (Å²) in [5.74, 6) is 0.525. The number of hydrogen-bond acceptors (Lipinski definition) is 5. The Morgan fingerprint density at radius 1 is 1.11 bits per heavy atom. The predicted molar refractivity (Wildman–Crippen MR) is 108 cm³/mol. The molecule has 28 heavy (non-hydrogen) atoms. The van der Waals surface area contributed by atoms with Crippen LogP contribution in [0.1, 0.15) is 21.5 Å². The highest BCUT2D eigenvalue weighted by Gasteiger charge is 2.24. The van der Waals surface area contributed by atoms with Crippen LogP contribution in [0.4, 0.5) is 0 Å². The van der Waals surface area contributed by atoms with Crippen molar-refractivity contribution in [3.8, 4) is 0 Å². The van der Waals surface area contributed by atoms with E-state index in [1.165, 1.54) is 18.0 Å². The van der Waals surface area contributed by atoms with E-state index < -0.39 is 0 Å². The van der Waals surface area contributed by atoms with Crippen molar-refractivity contribution in [2.75, 3.05) is 12.3 Å². The lowest BCUT2D eigenvalue weighted by Gasteiger charge is -2.23. The van der Waals surface area contributed by atoms with Gasteiger partial charge >= 0.3 is 0 Å². The van der Waals surface area contributed by atoms with Gasteiger partial charge in [-0.25, -0.2) is 4.98 Å². The third kappa shape index (κ3) is 3.99. The van der Waals surface area contributed by atoms with Crippen LogP contribution in [0.2, 0.25) is 0 Å². The summed E-state index contributed by atoms with van der Waals surface area (Å²) in [5.41, 5.74) is 1.94. The monoisotopic (exact) mass is 392 g/mol. The fraction of sp³-hybridized carbons (Fsp3) is 0.238. The molecular formula is C21H20N4O2S. The summed E-state index contributed by atoms with van der Waals surface area (Å²) in [6, 6.07) is 13.8. The van der Waals surface area contributed by atoms with Crippen molar-refractivity contribution in [3.05, 3.63) is 88.1 Å². The van der Waals surface area contributed by atoms with Crippen molar-refractivity contribution in [2.24, 2.45) is 0 Å². The van der Waals surface area contributed by atoms with Crippen LogP contribution in [0.15, 0.2) is 71.0 Å². The van der Waals surface area contributed by atoms with E-state index in [0.717, 1.165) is 16.9 Å². The number of thioether (sulfide) groups is 1. The van der Waals surface area contributed by atoms with Crippen LogP contribution >= 0.6 is 11.8 Å². The Balaban J connectivity index is 1.60. The number of aromatic nitrogens is 3. The standard InChI is InChI=1S/C21H20N4O2S/c26-19(18-14-23-21-25(20(18)27)11-12-28-21)24(15-17-7-4-9-22-13-17)10-8-16-5-2-1-3-6-16/h1-7,9,13-14H,8,10-12,15H2. The molecule has 0 N–H and O–H groups in total. The summed E-state index contributed by atoms with van der Waals surface area (Å²) in [4.78, 5) is 36.2. The molecule has 0 fully saturated rings. The molecule has 0 atom stereocenters. The Bertz CT molecular complexity index is 1020. The Kier molecular flexibility index (Phi) is 5.53.